The van der Waals surface area contributed by atoms with Gasteiger partial charge < -0.3 is 10.1 Å². The van der Waals surface area contributed by atoms with Crippen molar-refractivity contribution in [2.75, 3.05) is 13.1 Å². The van der Waals surface area contributed by atoms with Gasteiger partial charge in [0.2, 0.25) is 0 Å². The summed E-state index contributed by atoms with van der Waals surface area (Å²) in [7, 11) is 0. The third-order valence-electron chi connectivity index (χ3n) is 3.73. The second kappa shape index (κ2) is 6.58. The van der Waals surface area contributed by atoms with Crippen LogP contribution in [0.2, 0.25) is 5.02 Å². The summed E-state index contributed by atoms with van der Waals surface area (Å²) in [5.41, 5.74) is 0.647. The molecule has 0 aliphatic carbocycles. The maximum atomic E-state index is 13.5. The highest BCUT2D eigenvalue weighted by molar-refractivity contribution is 6.32. The second-order valence-corrected chi connectivity index (χ2v) is 5.71. The molecule has 1 aliphatic rings. The van der Waals surface area contributed by atoms with Crippen molar-refractivity contribution in [2.24, 2.45) is 5.92 Å². The monoisotopic (exact) mass is 324 g/mol. The van der Waals surface area contributed by atoms with Crippen molar-refractivity contribution in [1.82, 2.24) is 10.3 Å². The SMILES string of the molecule is Fc1cncc(C(Oc2ccc(F)cc2Cl)[C@H]2CCNC2)c1. The standard InChI is InChI=1S/C16H15ClF2N2O/c17-14-6-12(18)1-2-15(14)22-16(10-3-4-20-7-10)11-5-13(19)9-21-8-11/h1-2,5-6,8-10,16,20H,3-4,7H2/t10-,16?/m0/s1. The molecule has 2 heterocycles. The van der Waals surface area contributed by atoms with Gasteiger partial charge >= 0.3 is 0 Å². The molecule has 0 spiro atoms. The molecular formula is C16H15ClF2N2O. The second-order valence-electron chi connectivity index (χ2n) is 5.30. The average Bonchev–Trinajstić information content (AvgIpc) is 3.00. The maximum Gasteiger partial charge on any atom is 0.141 e. The number of nitrogens with one attached hydrogen (secondary N) is 1. The summed E-state index contributed by atoms with van der Waals surface area (Å²) < 4.78 is 32.6. The van der Waals surface area contributed by atoms with E-state index in [1.165, 1.54) is 24.3 Å². The van der Waals surface area contributed by atoms with E-state index in [1.54, 1.807) is 6.20 Å². The summed E-state index contributed by atoms with van der Waals surface area (Å²) in [6.45, 7) is 1.64. The molecule has 6 heteroatoms. The largest absolute Gasteiger partial charge is 0.484 e. The number of nitrogens with zero attached hydrogens (tertiary/aromatic N) is 1. The van der Waals surface area contributed by atoms with Crippen molar-refractivity contribution < 1.29 is 13.5 Å². The van der Waals surface area contributed by atoms with Crippen LogP contribution in [-0.2, 0) is 0 Å². The zero-order chi connectivity index (χ0) is 15.5. The Bertz CT molecular complexity index is 662. The first-order valence-electron chi connectivity index (χ1n) is 7.06. The van der Waals surface area contributed by atoms with Crippen LogP contribution < -0.4 is 10.1 Å². The van der Waals surface area contributed by atoms with Gasteiger partial charge in [-0.25, -0.2) is 8.78 Å². The number of rotatable bonds is 4. The summed E-state index contributed by atoms with van der Waals surface area (Å²) in [6, 6.07) is 5.38. The molecule has 3 rings (SSSR count). The molecule has 1 unspecified atom stereocenters. The van der Waals surface area contributed by atoms with E-state index in [1.807, 2.05) is 0 Å². The highest BCUT2D eigenvalue weighted by atomic mass is 35.5. The fourth-order valence-electron chi connectivity index (χ4n) is 2.66. The molecule has 1 saturated heterocycles. The van der Waals surface area contributed by atoms with Gasteiger partial charge in [-0.1, -0.05) is 11.6 Å². The first-order valence-corrected chi connectivity index (χ1v) is 7.44. The topological polar surface area (TPSA) is 34.1 Å². The van der Waals surface area contributed by atoms with Crippen LogP contribution in [0.3, 0.4) is 0 Å². The van der Waals surface area contributed by atoms with E-state index < -0.39 is 11.6 Å². The number of hydrogen-bond acceptors (Lipinski definition) is 3. The van der Waals surface area contributed by atoms with E-state index in [-0.39, 0.29) is 17.0 Å². The van der Waals surface area contributed by atoms with Gasteiger partial charge in [0.05, 0.1) is 11.2 Å². The van der Waals surface area contributed by atoms with Crippen LogP contribution in [0.5, 0.6) is 5.75 Å². The number of ether oxygens (including phenoxy) is 1. The third kappa shape index (κ3) is 3.36. The van der Waals surface area contributed by atoms with Crippen LogP contribution in [-0.4, -0.2) is 18.1 Å². The molecule has 1 aromatic heterocycles. The summed E-state index contributed by atoms with van der Waals surface area (Å²) in [4.78, 5) is 3.89. The molecule has 0 radical (unpaired) electrons. The van der Waals surface area contributed by atoms with E-state index >= 15 is 0 Å². The molecule has 1 fully saturated rings. The minimum absolute atomic E-state index is 0.171. The van der Waals surface area contributed by atoms with Gasteiger partial charge in [-0.05, 0) is 37.2 Å². The van der Waals surface area contributed by atoms with Crippen molar-refractivity contribution in [2.45, 2.75) is 12.5 Å². The Morgan fingerprint density at radius 3 is 2.77 bits per heavy atom. The normalized spacial score (nSPS) is 19.1. The lowest BCUT2D eigenvalue weighted by Gasteiger charge is -2.25. The molecule has 2 atom stereocenters. The molecule has 22 heavy (non-hydrogen) atoms. The highest BCUT2D eigenvalue weighted by Gasteiger charge is 2.29. The number of pyridine rings is 1. The number of benzene rings is 1. The van der Waals surface area contributed by atoms with Crippen LogP contribution in [0.15, 0.2) is 36.7 Å². The van der Waals surface area contributed by atoms with Gasteiger partial charge in [-0.15, -0.1) is 0 Å². The van der Waals surface area contributed by atoms with Crippen LogP contribution in [0.25, 0.3) is 0 Å². The van der Waals surface area contributed by atoms with Gasteiger partial charge in [0.25, 0.3) is 0 Å². The Labute approximate surface area is 132 Å². The lowest BCUT2D eigenvalue weighted by molar-refractivity contribution is 0.143. The van der Waals surface area contributed by atoms with Gasteiger partial charge in [-0.3, -0.25) is 4.98 Å². The molecule has 116 valence electrons. The van der Waals surface area contributed by atoms with Crippen molar-refractivity contribution in [3.8, 4) is 5.75 Å². The molecule has 1 N–H and O–H groups in total. The Morgan fingerprint density at radius 2 is 2.09 bits per heavy atom. The summed E-state index contributed by atoms with van der Waals surface area (Å²) in [6.07, 6.45) is 3.25. The Morgan fingerprint density at radius 1 is 1.23 bits per heavy atom. The highest BCUT2D eigenvalue weighted by Crippen LogP contribution is 2.35. The molecule has 0 bridgehead atoms. The molecule has 2 aromatic rings. The van der Waals surface area contributed by atoms with Crippen molar-refractivity contribution in [3.63, 3.8) is 0 Å². The van der Waals surface area contributed by atoms with Crippen molar-refractivity contribution in [1.29, 1.82) is 0 Å². The number of halogens is 3. The van der Waals surface area contributed by atoms with Crippen LogP contribution in [0.4, 0.5) is 8.78 Å². The van der Waals surface area contributed by atoms with Crippen LogP contribution >= 0.6 is 11.6 Å². The molecule has 1 aromatic carbocycles. The average molecular weight is 325 g/mol. The maximum absolute atomic E-state index is 13.5. The predicted molar refractivity (Wildman–Crippen MR) is 80.0 cm³/mol. The van der Waals surface area contributed by atoms with Gasteiger partial charge in [0.15, 0.2) is 0 Å². The summed E-state index contributed by atoms with van der Waals surface area (Å²) in [5, 5.41) is 3.45. The van der Waals surface area contributed by atoms with E-state index in [2.05, 4.69) is 10.3 Å². The van der Waals surface area contributed by atoms with Crippen molar-refractivity contribution in [3.05, 3.63) is 58.9 Å². The predicted octanol–water partition coefficient (Wildman–Crippen LogP) is 3.74. The Balaban J connectivity index is 1.91. The zero-order valence-electron chi connectivity index (χ0n) is 11.7. The van der Waals surface area contributed by atoms with Gasteiger partial charge in [0, 0.05) is 24.2 Å². The van der Waals surface area contributed by atoms with E-state index in [0.717, 1.165) is 25.7 Å². The number of aromatic nitrogens is 1. The van der Waals surface area contributed by atoms with Gasteiger partial charge in [0.1, 0.15) is 23.5 Å². The number of hydrogen-bond donors (Lipinski definition) is 1. The van der Waals surface area contributed by atoms with E-state index in [9.17, 15) is 8.78 Å². The lowest BCUT2D eigenvalue weighted by Crippen LogP contribution is -2.22. The fourth-order valence-corrected chi connectivity index (χ4v) is 2.88. The summed E-state index contributed by atoms with van der Waals surface area (Å²) >= 11 is 6.03. The Hall–Kier alpha value is -1.72. The molecule has 3 nitrogen and oxygen atoms in total. The van der Waals surface area contributed by atoms with E-state index in [0.29, 0.717) is 11.3 Å². The smallest absolute Gasteiger partial charge is 0.141 e. The fraction of sp³-hybridized carbons (Fsp3) is 0.312. The minimum atomic E-state index is -0.427. The van der Waals surface area contributed by atoms with Crippen LogP contribution in [0.1, 0.15) is 18.1 Å². The van der Waals surface area contributed by atoms with Crippen LogP contribution in [0, 0.1) is 17.6 Å². The molecular weight excluding hydrogens is 310 g/mol. The first kappa shape index (κ1) is 15.2. The lowest BCUT2D eigenvalue weighted by atomic mass is 9.96. The third-order valence-corrected chi connectivity index (χ3v) is 4.02. The quantitative estimate of drug-likeness (QED) is 0.930. The summed E-state index contributed by atoms with van der Waals surface area (Å²) in [5.74, 6) is -0.292. The Kier molecular flexibility index (Phi) is 4.55. The first-order chi connectivity index (χ1) is 10.6. The zero-order valence-corrected chi connectivity index (χ0v) is 12.5. The molecule has 0 amide bonds. The molecule has 1 aliphatic heterocycles. The molecule has 0 saturated carbocycles. The minimum Gasteiger partial charge on any atom is -0.484 e. The van der Waals surface area contributed by atoms with E-state index in [4.69, 9.17) is 16.3 Å². The van der Waals surface area contributed by atoms with Gasteiger partial charge in [-0.2, -0.15) is 0 Å². The van der Waals surface area contributed by atoms with Crippen molar-refractivity contribution >= 4 is 11.6 Å².